The molecule has 3 atom stereocenters. The van der Waals surface area contributed by atoms with E-state index in [1.165, 1.54) is 36.9 Å². The van der Waals surface area contributed by atoms with E-state index in [2.05, 4.69) is 52.0 Å². The highest BCUT2D eigenvalue weighted by atomic mass is 79.9. The van der Waals surface area contributed by atoms with Crippen LogP contribution in [0.4, 0.5) is 0 Å². The van der Waals surface area contributed by atoms with Crippen LogP contribution in [0.3, 0.4) is 0 Å². The molecule has 92 valence electrons. The van der Waals surface area contributed by atoms with Crippen LogP contribution >= 0.6 is 15.9 Å². The Labute approximate surface area is 112 Å². The van der Waals surface area contributed by atoms with Crippen LogP contribution in [0, 0.1) is 11.8 Å². The van der Waals surface area contributed by atoms with E-state index in [1.54, 1.807) is 5.56 Å². The highest BCUT2D eigenvalue weighted by molar-refractivity contribution is 9.10. The van der Waals surface area contributed by atoms with Gasteiger partial charge in [-0.1, -0.05) is 35.0 Å². The van der Waals surface area contributed by atoms with E-state index in [4.69, 9.17) is 0 Å². The highest BCUT2D eigenvalue weighted by Crippen LogP contribution is 2.46. The lowest BCUT2D eigenvalue weighted by Crippen LogP contribution is -2.21. The summed E-state index contributed by atoms with van der Waals surface area (Å²) in [5.74, 6) is 2.74. The van der Waals surface area contributed by atoms with Gasteiger partial charge in [0.2, 0.25) is 0 Å². The van der Waals surface area contributed by atoms with Crippen molar-refractivity contribution in [3.8, 4) is 0 Å². The lowest BCUT2D eigenvalue weighted by molar-refractivity contribution is 0.323. The summed E-state index contributed by atoms with van der Waals surface area (Å²) in [6.07, 6.45) is 2.81. The summed E-state index contributed by atoms with van der Waals surface area (Å²) in [5, 5.41) is 0. The molecule has 1 heterocycles. The van der Waals surface area contributed by atoms with Crippen molar-refractivity contribution in [3.63, 3.8) is 0 Å². The summed E-state index contributed by atoms with van der Waals surface area (Å²) >= 11 is 3.51. The van der Waals surface area contributed by atoms with Crippen molar-refractivity contribution < 1.29 is 0 Å². The summed E-state index contributed by atoms with van der Waals surface area (Å²) in [6.45, 7) is 6.20. The molecule has 3 rings (SSSR count). The van der Waals surface area contributed by atoms with E-state index in [9.17, 15) is 0 Å². The van der Waals surface area contributed by atoms with Gasteiger partial charge in [-0.2, -0.15) is 0 Å². The zero-order valence-electron chi connectivity index (χ0n) is 10.4. The Balaban J connectivity index is 1.68. The van der Waals surface area contributed by atoms with E-state index in [0.29, 0.717) is 0 Å². The topological polar surface area (TPSA) is 3.24 Å². The molecule has 1 saturated carbocycles. The van der Waals surface area contributed by atoms with E-state index < -0.39 is 0 Å². The molecule has 0 spiro atoms. The molecule has 17 heavy (non-hydrogen) atoms. The fraction of sp³-hybridized carbons (Fsp3) is 0.600. The monoisotopic (exact) mass is 293 g/mol. The van der Waals surface area contributed by atoms with Gasteiger partial charge in [0.25, 0.3) is 0 Å². The molecule has 2 heteroatoms. The number of benzene rings is 1. The first-order valence-electron chi connectivity index (χ1n) is 6.74. The summed E-state index contributed by atoms with van der Waals surface area (Å²) < 4.78 is 1.19. The molecule has 0 N–H and O–H groups in total. The molecule has 1 saturated heterocycles. The molecule has 0 amide bonds. The first-order valence-corrected chi connectivity index (χ1v) is 7.53. The molecule has 1 unspecified atom stereocenters. The molecule has 0 radical (unpaired) electrons. The number of halogens is 1. The minimum Gasteiger partial charge on any atom is -0.303 e. The van der Waals surface area contributed by atoms with Crippen molar-refractivity contribution in [1.82, 2.24) is 4.90 Å². The van der Waals surface area contributed by atoms with Crippen molar-refractivity contribution in [3.05, 3.63) is 34.3 Å². The summed E-state index contributed by atoms with van der Waals surface area (Å²) in [7, 11) is 0. The number of hydrogen-bond donors (Lipinski definition) is 0. The van der Waals surface area contributed by atoms with E-state index in [0.717, 1.165) is 17.8 Å². The van der Waals surface area contributed by atoms with Gasteiger partial charge in [0.1, 0.15) is 0 Å². The molecule has 1 aromatic rings. The minimum atomic E-state index is 0.817. The van der Waals surface area contributed by atoms with Gasteiger partial charge in [-0.15, -0.1) is 0 Å². The molecule has 0 bridgehead atoms. The Hall–Kier alpha value is -0.340. The number of rotatable bonds is 2. The number of likely N-dealkylation sites (tertiary alicyclic amines) is 1. The SMILES string of the molecule is CCN1C[C@H]2CC(c3ccc(Br)cc3)C[C@H]2C1. The maximum Gasteiger partial charge on any atom is 0.0175 e. The molecule has 1 aliphatic heterocycles. The van der Waals surface area contributed by atoms with Gasteiger partial charge in [-0.25, -0.2) is 0 Å². The van der Waals surface area contributed by atoms with Crippen molar-refractivity contribution in [2.24, 2.45) is 11.8 Å². The Morgan fingerprint density at radius 3 is 2.24 bits per heavy atom. The normalized spacial score (nSPS) is 32.9. The number of nitrogens with zero attached hydrogens (tertiary/aromatic N) is 1. The zero-order valence-corrected chi connectivity index (χ0v) is 12.0. The maximum absolute atomic E-state index is 3.51. The fourth-order valence-electron chi connectivity index (χ4n) is 3.66. The van der Waals surface area contributed by atoms with Crippen molar-refractivity contribution >= 4 is 15.9 Å². The summed E-state index contributed by atoms with van der Waals surface area (Å²) in [6, 6.07) is 8.96. The Bertz CT molecular complexity index is 372. The quantitative estimate of drug-likeness (QED) is 0.799. The lowest BCUT2D eigenvalue weighted by Gasteiger charge is -2.17. The van der Waals surface area contributed by atoms with Gasteiger partial charge in [0.15, 0.2) is 0 Å². The van der Waals surface area contributed by atoms with Crippen molar-refractivity contribution in [2.45, 2.75) is 25.7 Å². The highest BCUT2D eigenvalue weighted by Gasteiger charge is 2.40. The molecule has 0 aromatic heterocycles. The van der Waals surface area contributed by atoms with Crippen molar-refractivity contribution in [2.75, 3.05) is 19.6 Å². The Morgan fingerprint density at radius 2 is 1.71 bits per heavy atom. The van der Waals surface area contributed by atoms with Gasteiger partial charge in [-0.3, -0.25) is 0 Å². The van der Waals surface area contributed by atoms with Crippen LogP contribution in [-0.2, 0) is 0 Å². The zero-order chi connectivity index (χ0) is 11.8. The van der Waals surface area contributed by atoms with Crippen LogP contribution in [0.5, 0.6) is 0 Å². The second-order valence-electron chi connectivity index (χ2n) is 5.59. The molecule has 1 aliphatic carbocycles. The first kappa shape index (κ1) is 11.7. The van der Waals surface area contributed by atoms with Gasteiger partial charge >= 0.3 is 0 Å². The average Bonchev–Trinajstić information content (AvgIpc) is 2.87. The molecule has 2 fully saturated rings. The first-order chi connectivity index (χ1) is 8.26. The third-order valence-corrected chi connectivity index (χ3v) is 5.14. The molecular weight excluding hydrogens is 274 g/mol. The average molecular weight is 294 g/mol. The van der Waals surface area contributed by atoms with Crippen molar-refractivity contribution in [1.29, 1.82) is 0 Å². The van der Waals surface area contributed by atoms with Crippen LogP contribution in [0.25, 0.3) is 0 Å². The number of hydrogen-bond acceptors (Lipinski definition) is 1. The fourth-order valence-corrected chi connectivity index (χ4v) is 3.93. The smallest absolute Gasteiger partial charge is 0.0175 e. The second kappa shape index (κ2) is 4.74. The Morgan fingerprint density at radius 1 is 1.12 bits per heavy atom. The predicted octanol–water partition coefficient (Wildman–Crippen LogP) is 3.89. The van der Waals surface area contributed by atoms with E-state index in [-0.39, 0.29) is 0 Å². The summed E-state index contributed by atoms with van der Waals surface area (Å²) in [5.41, 5.74) is 1.55. The maximum atomic E-state index is 3.51. The third kappa shape index (κ3) is 2.30. The predicted molar refractivity (Wildman–Crippen MR) is 75.2 cm³/mol. The largest absolute Gasteiger partial charge is 0.303 e. The van der Waals surface area contributed by atoms with Gasteiger partial charge in [0.05, 0.1) is 0 Å². The summed E-state index contributed by atoms with van der Waals surface area (Å²) in [4.78, 5) is 2.62. The van der Waals surface area contributed by atoms with Gasteiger partial charge in [-0.05, 0) is 54.8 Å². The molecular formula is C15H20BrN. The van der Waals surface area contributed by atoms with Crippen LogP contribution in [0.2, 0.25) is 0 Å². The van der Waals surface area contributed by atoms with Crippen LogP contribution in [0.15, 0.2) is 28.7 Å². The lowest BCUT2D eigenvalue weighted by atomic mass is 9.96. The van der Waals surface area contributed by atoms with Gasteiger partial charge in [0, 0.05) is 17.6 Å². The number of fused-ring (bicyclic) bond motifs is 1. The van der Waals surface area contributed by atoms with E-state index >= 15 is 0 Å². The van der Waals surface area contributed by atoms with Crippen LogP contribution in [0.1, 0.15) is 31.2 Å². The molecule has 2 aliphatic rings. The Kier molecular flexibility index (Phi) is 3.27. The van der Waals surface area contributed by atoms with Crippen LogP contribution < -0.4 is 0 Å². The molecule has 1 aromatic carbocycles. The van der Waals surface area contributed by atoms with Crippen LogP contribution in [-0.4, -0.2) is 24.5 Å². The second-order valence-corrected chi connectivity index (χ2v) is 6.51. The van der Waals surface area contributed by atoms with E-state index in [1.807, 2.05) is 0 Å². The molecule has 1 nitrogen and oxygen atoms in total. The standard InChI is InChI=1S/C15H20BrN/c1-2-17-9-13-7-12(8-14(13)10-17)11-3-5-15(16)6-4-11/h3-6,12-14H,2,7-10H2,1H3/t12?,13-,14+. The third-order valence-electron chi connectivity index (χ3n) is 4.62. The van der Waals surface area contributed by atoms with Gasteiger partial charge < -0.3 is 4.90 Å². The minimum absolute atomic E-state index is 0.817.